The van der Waals surface area contributed by atoms with Gasteiger partial charge in [0.25, 0.3) is 0 Å². The molecule has 3 aromatic rings. The lowest BCUT2D eigenvalue weighted by Gasteiger charge is -2.07. The summed E-state index contributed by atoms with van der Waals surface area (Å²) >= 11 is 0. The fourth-order valence-corrected chi connectivity index (χ4v) is 2.54. The van der Waals surface area contributed by atoms with Crippen molar-refractivity contribution in [2.24, 2.45) is 0 Å². The van der Waals surface area contributed by atoms with Gasteiger partial charge in [0.2, 0.25) is 5.43 Å². The van der Waals surface area contributed by atoms with E-state index < -0.39 is 0 Å². The van der Waals surface area contributed by atoms with Gasteiger partial charge < -0.3 is 9.15 Å². The molecule has 0 aliphatic rings. The maximum absolute atomic E-state index is 12.7. The van der Waals surface area contributed by atoms with E-state index in [0.717, 1.165) is 16.5 Å². The molecule has 1 heterocycles. The number of ether oxygens (including phenoxy) is 1. The molecule has 0 atom stereocenters. The molecule has 0 bridgehead atoms. The summed E-state index contributed by atoms with van der Waals surface area (Å²) in [5.74, 6) is 1.29. The summed E-state index contributed by atoms with van der Waals surface area (Å²) in [6.45, 7) is 5.60. The van der Waals surface area contributed by atoms with Gasteiger partial charge in [0, 0.05) is 0 Å². The van der Waals surface area contributed by atoms with E-state index in [1.165, 1.54) is 6.08 Å². The lowest BCUT2D eigenvalue weighted by molar-refractivity contribution is 0.415. The lowest BCUT2D eigenvalue weighted by atomic mass is 10.0. The molecule has 3 nitrogen and oxygen atoms in total. The molecule has 0 radical (unpaired) electrons. The monoisotopic (exact) mass is 292 g/mol. The second-order valence-corrected chi connectivity index (χ2v) is 4.97. The van der Waals surface area contributed by atoms with E-state index in [1.807, 2.05) is 43.3 Å². The largest absolute Gasteiger partial charge is 0.497 e. The zero-order valence-electron chi connectivity index (χ0n) is 12.6. The first-order valence-corrected chi connectivity index (χ1v) is 7.01. The van der Waals surface area contributed by atoms with Crippen LogP contribution >= 0.6 is 0 Å². The maximum atomic E-state index is 12.7. The van der Waals surface area contributed by atoms with Crippen LogP contribution in [0.2, 0.25) is 0 Å². The van der Waals surface area contributed by atoms with Crippen molar-refractivity contribution in [3.63, 3.8) is 0 Å². The van der Waals surface area contributed by atoms with Crippen molar-refractivity contribution in [1.82, 2.24) is 0 Å². The molecule has 110 valence electrons. The van der Waals surface area contributed by atoms with Crippen LogP contribution in [0.25, 0.3) is 33.9 Å². The first-order valence-electron chi connectivity index (χ1n) is 7.01. The first-order chi connectivity index (χ1) is 10.7. The fraction of sp³-hybridized carbons (Fsp3) is 0.105. The topological polar surface area (TPSA) is 39.4 Å². The molecular weight excluding hydrogens is 276 g/mol. The summed E-state index contributed by atoms with van der Waals surface area (Å²) in [7, 11) is 1.62. The second kappa shape index (κ2) is 5.53. The molecule has 0 aliphatic heterocycles. The van der Waals surface area contributed by atoms with Crippen molar-refractivity contribution in [2.45, 2.75) is 6.92 Å². The molecule has 0 saturated carbocycles. The molecule has 1 aromatic heterocycles. The molecule has 0 saturated heterocycles. The highest BCUT2D eigenvalue weighted by Gasteiger charge is 2.11. The number of hydrogen-bond acceptors (Lipinski definition) is 3. The highest BCUT2D eigenvalue weighted by atomic mass is 16.5. The molecule has 0 unspecified atom stereocenters. The third-order valence-electron chi connectivity index (χ3n) is 3.64. The van der Waals surface area contributed by atoms with Gasteiger partial charge in [-0.3, -0.25) is 4.79 Å². The first kappa shape index (κ1) is 14.1. The Morgan fingerprint density at radius 2 is 2.00 bits per heavy atom. The van der Waals surface area contributed by atoms with Gasteiger partial charge in [0.15, 0.2) is 0 Å². The molecule has 0 spiro atoms. The lowest BCUT2D eigenvalue weighted by Crippen LogP contribution is -2.07. The Morgan fingerprint density at radius 1 is 1.18 bits per heavy atom. The summed E-state index contributed by atoms with van der Waals surface area (Å²) in [4.78, 5) is 12.7. The minimum absolute atomic E-state index is 0.0749. The summed E-state index contributed by atoms with van der Waals surface area (Å²) in [6, 6.07) is 9.46. The maximum Gasteiger partial charge on any atom is 0.200 e. The van der Waals surface area contributed by atoms with Gasteiger partial charge in [-0.15, -0.1) is 0 Å². The SMILES string of the molecule is C=Cc1c(/C=C\C)oc2cc3ccc(OC)cc3cc2c1=O. The molecule has 0 amide bonds. The summed E-state index contributed by atoms with van der Waals surface area (Å²) in [6.07, 6.45) is 5.15. The number of benzene rings is 2. The van der Waals surface area contributed by atoms with E-state index in [9.17, 15) is 4.79 Å². The summed E-state index contributed by atoms with van der Waals surface area (Å²) < 4.78 is 11.1. The van der Waals surface area contributed by atoms with Gasteiger partial charge in [0.1, 0.15) is 17.1 Å². The third kappa shape index (κ3) is 2.21. The Bertz CT molecular complexity index is 962. The average Bonchev–Trinajstić information content (AvgIpc) is 2.53. The van der Waals surface area contributed by atoms with Crippen LogP contribution in [0, 0.1) is 0 Å². The van der Waals surface area contributed by atoms with Crippen LogP contribution in [0.4, 0.5) is 0 Å². The normalized spacial score (nSPS) is 11.4. The quantitative estimate of drug-likeness (QED) is 0.661. The third-order valence-corrected chi connectivity index (χ3v) is 3.64. The smallest absolute Gasteiger partial charge is 0.200 e. The van der Waals surface area contributed by atoms with Gasteiger partial charge in [-0.2, -0.15) is 0 Å². The van der Waals surface area contributed by atoms with Crippen LogP contribution in [0.5, 0.6) is 5.75 Å². The van der Waals surface area contributed by atoms with Crippen LogP contribution in [0.1, 0.15) is 18.2 Å². The standard InChI is InChI=1S/C19H16O3/c1-4-6-17-15(5-2)19(20)16-10-13-9-14(21-3)8-7-12(13)11-18(16)22-17/h4-11H,2H2,1,3H3/b6-4-. The Morgan fingerprint density at radius 3 is 2.68 bits per heavy atom. The van der Waals surface area contributed by atoms with E-state index in [2.05, 4.69) is 6.58 Å². The van der Waals surface area contributed by atoms with E-state index in [4.69, 9.17) is 9.15 Å². The van der Waals surface area contributed by atoms with Gasteiger partial charge in [-0.25, -0.2) is 0 Å². The van der Waals surface area contributed by atoms with Crippen LogP contribution < -0.4 is 10.2 Å². The average molecular weight is 292 g/mol. The second-order valence-electron chi connectivity index (χ2n) is 4.97. The van der Waals surface area contributed by atoms with E-state index >= 15 is 0 Å². The Hall–Kier alpha value is -2.81. The molecule has 0 aliphatic carbocycles. The minimum Gasteiger partial charge on any atom is -0.497 e. The number of fused-ring (bicyclic) bond motifs is 2. The van der Waals surface area contributed by atoms with Crippen molar-refractivity contribution < 1.29 is 9.15 Å². The molecule has 22 heavy (non-hydrogen) atoms. The Kier molecular flexibility index (Phi) is 3.55. The minimum atomic E-state index is -0.0749. The van der Waals surface area contributed by atoms with Crippen LogP contribution in [0.3, 0.4) is 0 Å². The van der Waals surface area contributed by atoms with E-state index in [1.54, 1.807) is 13.2 Å². The molecular formula is C19H16O3. The number of hydrogen-bond donors (Lipinski definition) is 0. The van der Waals surface area contributed by atoms with Gasteiger partial charge in [0.05, 0.1) is 18.1 Å². The molecule has 2 aromatic carbocycles. The predicted octanol–water partition coefficient (Wildman–Crippen LogP) is 4.63. The molecule has 0 fully saturated rings. The molecule has 0 N–H and O–H groups in total. The zero-order valence-corrected chi connectivity index (χ0v) is 12.6. The number of allylic oxidation sites excluding steroid dienone is 1. The van der Waals surface area contributed by atoms with Gasteiger partial charge >= 0.3 is 0 Å². The molecule has 3 rings (SSSR count). The summed E-state index contributed by atoms with van der Waals surface area (Å²) in [5, 5.41) is 2.48. The van der Waals surface area contributed by atoms with Crippen molar-refractivity contribution in [3.8, 4) is 5.75 Å². The van der Waals surface area contributed by atoms with Crippen molar-refractivity contribution in [1.29, 1.82) is 0 Å². The highest BCUT2D eigenvalue weighted by Crippen LogP contribution is 2.26. The van der Waals surface area contributed by atoms with Crippen molar-refractivity contribution >= 4 is 33.9 Å². The zero-order chi connectivity index (χ0) is 15.7. The van der Waals surface area contributed by atoms with Crippen molar-refractivity contribution in [2.75, 3.05) is 7.11 Å². The van der Waals surface area contributed by atoms with Crippen LogP contribution in [0.15, 0.2) is 52.2 Å². The Balaban J connectivity index is 2.42. The van der Waals surface area contributed by atoms with E-state index in [-0.39, 0.29) is 5.43 Å². The number of methoxy groups -OCH3 is 1. The fourth-order valence-electron chi connectivity index (χ4n) is 2.54. The van der Waals surface area contributed by atoms with Gasteiger partial charge in [-0.1, -0.05) is 24.8 Å². The Labute approximate surface area is 128 Å². The van der Waals surface area contributed by atoms with Crippen LogP contribution in [-0.2, 0) is 0 Å². The summed E-state index contributed by atoms with van der Waals surface area (Å²) in [5.41, 5.74) is 0.975. The van der Waals surface area contributed by atoms with Crippen LogP contribution in [-0.4, -0.2) is 7.11 Å². The number of rotatable bonds is 3. The van der Waals surface area contributed by atoms with Crippen molar-refractivity contribution in [3.05, 3.63) is 64.5 Å². The van der Waals surface area contributed by atoms with Gasteiger partial charge in [-0.05, 0) is 48.0 Å². The van der Waals surface area contributed by atoms with E-state index in [0.29, 0.717) is 22.3 Å². The highest BCUT2D eigenvalue weighted by molar-refractivity contribution is 5.97. The predicted molar refractivity (Wildman–Crippen MR) is 91.3 cm³/mol. The molecule has 3 heteroatoms.